The van der Waals surface area contributed by atoms with Gasteiger partial charge < -0.3 is 4.74 Å². The molecular weight excluding hydrogens is 306 g/mol. The first-order valence-electron chi connectivity index (χ1n) is 9.61. The molecule has 0 saturated carbocycles. The first-order chi connectivity index (χ1) is 12.1. The smallest absolute Gasteiger partial charge is 0.125 e. The lowest BCUT2D eigenvalue weighted by Gasteiger charge is -2.20. The van der Waals surface area contributed by atoms with Gasteiger partial charge in [0.25, 0.3) is 0 Å². The van der Waals surface area contributed by atoms with Crippen molar-refractivity contribution < 1.29 is 4.74 Å². The van der Waals surface area contributed by atoms with Gasteiger partial charge >= 0.3 is 0 Å². The van der Waals surface area contributed by atoms with E-state index >= 15 is 0 Å². The van der Waals surface area contributed by atoms with Crippen LogP contribution in [0.4, 0.5) is 0 Å². The maximum absolute atomic E-state index is 6.21. The second kappa shape index (κ2) is 8.05. The number of fused-ring (bicyclic) bond motifs is 1. The number of para-hydroxylation sites is 1. The second-order valence-corrected chi connectivity index (χ2v) is 7.38. The maximum Gasteiger partial charge on any atom is 0.125 e. The van der Waals surface area contributed by atoms with Crippen molar-refractivity contribution in [2.45, 2.75) is 60.1 Å². The Morgan fingerprint density at radius 1 is 1.04 bits per heavy atom. The van der Waals surface area contributed by atoms with E-state index in [-0.39, 0.29) is 0 Å². The molecule has 0 unspecified atom stereocenters. The maximum atomic E-state index is 6.21. The second-order valence-electron chi connectivity index (χ2n) is 7.38. The van der Waals surface area contributed by atoms with Gasteiger partial charge in [-0.15, -0.1) is 0 Å². The lowest BCUT2D eigenvalue weighted by atomic mass is 9.94. The summed E-state index contributed by atoms with van der Waals surface area (Å²) >= 11 is 0. The molecule has 0 amide bonds. The van der Waals surface area contributed by atoms with Crippen LogP contribution in [0, 0.1) is 20.8 Å². The summed E-state index contributed by atoms with van der Waals surface area (Å²) in [5.74, 6) is 1.03. The molecule has 25 heavy (non-hydrogen) atoms. The van der Waals surface area contributed by atoms with Gasteiger partial charge in [-0.25, -0.2) is 0 Å². The molecule has 1 aliphatic rings. The summed E-state index contributed by atoms with van der Waals surface area (Å²) in [4.78, 5) is 2.60. The number of hydrogen-bond donors (Lipinski definition) is 0. The molecule has 1 aliphatic heterocycles. The van der Waals surface area contributed by atoms with Crippen molar-refractivity contribution in [2.75, 3.05) is 13.1 Å². The summed E-state index contributed by atoms with van der Waals surface area (Å²) in [5.41, 5.74) is 8.25. The number of ether oxygens (including phenoxy) is 1. The van der Waals surface area contributed by atoms with Gasteiger partial charge in [0.2, 0.25) is 0 Å². The summed E-state index contributed by atoms with van der Waals surface area (Å²) in [6.45, 7) is 13.0. The standard InChI is InChI=1S/C23H31NO/c1-5-13-24-14-7-10-22-19(4)21(12-11-20(22)15-24)16-25-23-17(2)8-6-9-18(23)3/h6,8-9,11-12H,5,7,10,13-16H2,1-4H3. The Morgan fingerprint density at radius 3 is 2.52 bits per heavy atom. The van der Waals surface area contributed by atoms with Gasteiger partial charge in [-0.3, -0.25) is 4.90 Å². The minimum atomic E-state index is 0.656. The third-order valence-electron chi connectivity index (χ3n) is 5.42. The van der Waals surface area contributed by atoms with E-state index in [2.05, 4.69) is 62.9 Å². The van der Waals surface area contributed by atoms with Crippen molar-refractivity contribution in [1.82, 2.24) is 4.90 Å². The first-order valence-corrected chi connectivity index (χ1v) is 9.61. The normalized spacial score (nSPS) is 14.9. The monoisotopic (exact) mass is 337 g/mol. The predicted octanol–water partition coefficient (Wildman–Crippen LogP) is 5.35. The Bertz CT molecular complexity index is 715. The van der Waals surface area contributed by atoms with E-state index in [9.17, 15) is 0 Å². The molecule has 0 atom stereocenters. The molecule has 0 aliphatic carbocycles. The predicted molar refractivity (Wildman–Crippen MR) is 105 cm³/mol. The van der Waals surface area contributed by atoms with Crippen molar-refractivity contribution >= 4 is 0 Å². The van der Waals surface area contributed by atoms with Gasteiger partial charge in [-0.1, -0.05) is 37.3 Å². The van der Waals surface area contributed by atoms with Crippen LogP contribution >= 0.6 is 0 Å². The van der Waals surface area contributed by atoms with Gasteiger partial charge in [0, 0.05) is 6.54 Å². The molecule has 0 saturated heterocycles. The SMILES string of the molecule is CCCN1CCCc2c(ccc(COc3c(C)cccc3C)c2C)C1. The summed E-state index contributed by atoms with van der Waals surface area (Å²) in [6, 6.07) is 10.9. The van der Waals surface area contributed by atoms with Crippen LogP contribution in [0.2, 0.25) is 0 Å². The Morgan fingerprint density at radius 2 is 1.80 bits per heavy atom. The van der Waals surface area contributed by atoms with Gasteiger partial charge in [0.15, 0.2) is 0 Å². The van der Waals surface area contributed by atoms with E-state index in [4.69, 9.17) is 4.74 Å². The largest absolute Gasteiger partial charge is 0.488 e. The molecule has 2 nitrogen and oxygen atoms in total. The van der Waals surface area contributed by atoms with E-state index in [0.29, 0.717) is 6.61 Å². The topological polar surface area (TPSA) is 12.5 Å². The minimum Gasteiger partial charge on any atom is -0.488 e. The van der Waals surface area contributed by atoms with Crippen molar-refractivity contribution in [3.05, 3.63) is 63.7 Å². The van der Waals surface area contributed by atoms with Crippen molar-refractivity contribution in [2.24, 2.45) is 0 Å². The number of aryl methyl sites for hydroxylation is 2. The molecule has 2 aromatic rings. The molecule has 0 N–H and O–H groups in total. The van der Waals surface area contributed by atoms with Crippen molar-refractivity contribution in [3.8, 4) is 5.75 Å². The zero-order valence-electron chi connectivity index (χ0n) is 16.2. The van der Waals surface area contributed by atoms with E-state index in [1.54, 1.807) is 5.56 Å². The highest BCUT2D eigenvalue weighted by Gasteiger charge is 2.17. The van der Waals surface area contributed by atoms with Gasteiger partial charge in [-0.05, 0) is 86.5 Å². The molecule has 2 aromatic carbocycles. The highest BCUT2D eigenvalue weighted by atomic mass is 16.5. The Labute approximate surface area is 152 Å². The zero-order valence-corrected chi connectivity index (χ0v) is 16.2. The fraction of sp³-hybridized carbons (Fsp3) is 0.478. The van der Waals surface area contributed by atoms with Crippen LogP contribution in [0.5, 0.6) is 5.75 Å². The number of nitrogens with zero attached hydrogens (tertiary/aromatic N) is 1. The van der Waals surface area contributed by atoms with Crippen LogP contribution in [-0.2, 0) is 19.6 Å². The molecule has 0 aromatic heterocycles. The fourth-order valence-electron chi connectivity index (χ4n) is 4.00. The van der Waals surface area contributed by atoms with Crippen molar-refractivity contribution in [3.63, 3.8) is 0 Å². The fourth-order valence-corrected chi connectivity index (χ4v) is 4.00. The molecule has 2 heteroatoms. The first kappa shape index (κ1) is 18.0. The van der Waals surface area contributed by atoms with Gasteiger partial charge in [0.05, 0.1) is 0 Å². The van der Waals surface area contributed by atoms with Crippen LogP contribution in [0.15, 0.2) is 30.3 Å². The molecule has 0 fully saturated rings. The molecular formula is C23H31NO. The Kier molecular flexibility index (Phi) is 5.80. The Balaban J connectivity index is 1.79. The molecule has 3 rings (SSSR count). The minimum absolute atomic E-state index is 0.656. The average molecular weight is 338 g/mol. The third kappa shape index (κ3) is 4.07. The molecule has 0 bridgehead atoms. The van der Waals surface area contributed by atoms with Crippen LogP contribution in [0.3, 0.4) is 0 Å². The lowest BCUT2D eigenvalue weighted by Crippen LogP contribution is -2.23. The lowest BCUT2D eigenvalue weighted by molar-refractivity contribution is 0.270. The molecule has 1 heterocycles. The third-order valence-corrected chi connectivity index (χ3v) is 5.42. The quantitative estimate of drug-likeness (QED) is 0.729. The van der Waals surface area contributed by atoms with Crippen LogP contribution in [-0.4, -0.2) is 18.0 Å². The van der Waals surface area contributed by atoms with Crippen LogP contribution in [0.25, 0.3) is 0 Å². The highest BCUT2D eigenvalue weighted by molar-refractivity contribution is 5.43. The van der Waals surface area contributed by atoms with E-state index in [1.165, 1.54) is 60.2 Å². The molecule has 0 radical (unpaired) electrons. The summed E-state index contributed by atoms with van der Waals surface area (Å²) < 4.78 is 6.21. The Hall–Kier alpha value is -1.80. The van der Waals surface area contributed by atoms with E-state index in [0.717, 1.165) is 12.3 Å². The average Bonchev–Trinajstić information content (AvgIpc) is 2.79. The van der Waals surface area contributed by atoms with Gasteiger partial charge in [0.1, 0.15) is 12.4 Å². The van der Waals surface area contributed by atoms with Gasteiger partial charge in [-0.2, -0.15) is 0 Å². The highest BCUT2D eigenvalue weighted by Crippen LogP contribution is 2.27. The summed E-state index contributed by atoms with van der Waals surface area (Å²) in [5, 5.41) is 0. The van der Waals surface area contributed by atoms with Crippen LogP contribution < -0.4 is 4.74 Å². The number of benzene rings is 2. The molecule has 0 spiro atoms. The van der Waals surface area contributed by atoms with Crippen LogP contribution in [0.1, 0.15) is 53.1 Å². The van der Waals surface area contributed by atoms with E-state index < -0.39 is 0 Å². The number of rotatable bonds is 5. The number of hydrogen-bond acceptors (Lipinski definition) is 2. The molecule has 134 valence electrons. The van der Waals surface area contributed by atoms with Crippen molar-refractivity contribution in [1.29, 1.82) is 0 Å². The summed E-state index contributed by atoms with van der Waals surface area (Å²) in [6.07, 6.45) is 3.68. The van der Waals surface area contributed by atoms with E-state index in [1.807, 2.05) is 0 Å². The summed E-state index contributed by atoms with van der Waals surface area (Å²) in [7, 11) is 0. The zero-order chi connectivity index (χ0) is 17.8.